The number of aromatic nitrogens is 3. The molecule has 0 bridgehead atoms. The topological polar surface area (TPSA) is 51.1 Å². The molecule has 0 atom stereocenters. The van der Waals surface area contributed by atoms with Gasteiger partial charge in [0.05, 0.1) is 6.61 Å². The van der Waals surface area contributed by atoms with Crippen LogP contribution in [0.5, 0.6) is 6.01 Å². The molecule has 0 radical (unpaired) electrons. The maximum absolute atomic E-state index is 12.9. The first-order chi connectivity index (χ1) is 9.60. The lowest BCUT2D eigenvalue weighted by atomic mass is 10.3. The summed E-state index contributed by atoms with van der Waals surface area (Å²) in [6, 6.07) is 6.15. The van der Waals surface area contributed by atoms with Crippen LogP contribution >= 0.6 is 11.6 Å². The van der Waals surface area contributed by atoms with Crippen molar-refractivity contribution in [2.45, 2.75) is 13.3 Å². The molecule has 0 saturated heterocycles. The van der Waals surface area contributed by atoms with Crippen LogP contribution in [0.2, 0.25) is 5.28 Å². The van der Waals surface area contributed by atoms with E-state index in [9.17, 15) is 4.39 Å². The molecule has 2 rings (SSSR count). The third-order valence-electron chi connectivity index (χ3n) is 2.53. The first-order valence-corrected chi connectivity index (χ1v) is 6.51. The van der Waals surface area contributed by atoms with Gasteiger partial charge in [-0.15, -0.1) is 0 Å². The number of anilines is 2. The standard InChI is InChI=1S/C13H14ClFN4O/c1-3-8-20-13-17-11(14)16-12(18-13)19(2)10-6-4-9(15)5-7-10/h4-7H,3,8H2,1-2H3. The monoisotopic (exact) mass is 296 g/mol. The van der Waals surface area contributed by atoms with E-state index in [2.05, 4.69) is 15.0 Å². The summed E-state index contributed by atoms with van der Waals surface area (Å²) in [6.45, 7) is 2.48. The van der Waals surface area contributed by atoms with Gasteiger partial charge in [-0.05, 0) is 42.3 Å². The average Bonchev–Trinajstić information content (AvgIpc) is 2.44. The number of benzene rings is 1. The van der Waals surface area contributed by atoms with Gasteiger partial charge in [-0.25, -0.2) is 4.39 Å². The highest BCUT2D eigenvalue weighted by atomic mass is 35.5. The number of hydrogen-bond donors (Lipinski definition) is 0. The van der Waals surface area contributed by atoms with Crippen molar-refractivity contribution in [1.29, 1.82) is 0 Å². The van der Waals surface area contributed by atoms with Crippen LogP contribution in [-0.4, -0.2) is 28.6 Å². The first kappa shape index (κ1) is 14.5. The summed E-state index contributed by atoms with van der Waals surface area (Å²) >= 11 is 5.86. The molecule has 0 unspecified atom stereocenters. The van der Waals surface area contributed by atoms with Gasteiger partial charge in [0.2, 0.25) is 11.2 Å². The SMILES string of the molecule is CCCOc1nc(Cl)nc(N(C)c2ccc(F)cc2)n1. The van der Waals surface area contributed by atoms with Crippen LogP contribution in [0.1, 0.15) is 13.3 Å². The zero-order valence-electron chi connectivity index (χ0n) is 11.2. The fraction of sp³-hybridized carbons (Fsp3) is 0.308. The molecule has 0 aliphatic carbocycles. The maximum atomic E-state index is 12.9. The number of hydrogen-bond acceptors (Lipinski definition) is 5. The van der Waals surface area contributed by atoms with Gasteiger partial charge in [-0.1, -0.05) is 6.92 Å². The van der Waals surface area contributed by atoms with E-state index in [1.54, 1.807) is 24.1 Å². The zero-order chi connectivity index (χ0) is 14.5. The summed E-state index contributed by atoms with van der Waals surface area (Å²) in [4.78, 5) is 13.8. The summed E-state index contributed by atoms with van der Waals surface area (Å²) in [5.74, 6) is 0.0329. The van der Waals surface area contributed by atoms with Gasteiger partial charge in [0.15, 0.2) is 0 Å². The maximum Gasteiger partial charge on any atom is 0.322 e. The summed E-state index contributed by atoms with van der Waals surface area (Å²) in [6.07, 6.45) is 0.840. The molecular formula is C13H14ClFN4O. The van der Waals surface area contributed by atoms with E-state index in [1.807, 2.05) is 6.92 Å². The lowest BCUT2D eigenvalue weighted by molar-refractivity contribution is 0.291. The fourth-order valence-corrected chi connectivity index (χ4v) is 1.66. The average molecular weight is 297 g/mol. The number of halogens is 2. The Morgan fingerprint density at radius 2 is 1.90 bits per heavy atom. The van der Waals surface area contributed by atoms with Crippen LogP contribution in [0.4, 0.5) is 16.0 Å². The highest BCUT2D eigenvalue weighted by Gasteiger charge is 2.12. The minimum absolute atomic E-state index is 0.0510. The third kappa shape index (κ3) is 3.54. The summed E-state index contributed by atoms with van der Waals surface area (Å²) in [5.41, 5.74) is 0.732. The molecule has 1 heterocycles. The molecule has 2 aromatic rings. The fourth-order valence-electron chi connectivity index (χ4n) is 1.51. The Labute approximate surface area is 121 Å². The van der Waals surface area contributed by atoms with E-state index in [1.165, 1.54) is 12.1 Å². The smallest absolute Gasteiger partial charge is 0.322 e. The van der Waals surface area contributed by atoms with Crippen LogP contribution in [0.25, 0.3) is 0 Å². The molecule has 7 heteroatoms. The van der Waals surface area contributed by atoms with Gasteiger partial charge < -0.3 is 9.64 Å². The number of rotatable bonds is 5. The Hall–Kier alpha value is -1.95. The van der Waals surface area contributed by atoms with E-state index in [4.69, 9.17) is 16.3 Å². The van der Waals surface area contributed by atoms with Gasteiger partial charge in [-0.2, -0.15) is 15.0 Å². The van der Waals surface area contributed by atoms with E-state index < -0.39 is 0 Å². The summed E-state index contributed by atoms with van der Waals surface area (Å²) in [7, 11) is 1.75. The van der Waals surface area contributed by atoms with Crippen molar-refractivity contribution >= 4 is 23.2 Å². The third-order valence-corrected chi connectivity index (χ3v) is 2.69. The largest absolute Gasteiger partial charge is 0.463 e. The zero-order valence-corrected chi connectivity index (χ0v) is 11.9. The van der Waals surface area contributed by atoms with E-state index in [-0.39, 0.29) is 17.1 Å². The molecule has 0 amide bonds. The molecule has 0 N–H and O–H groups in total. The first-order valence-electron chi connectivity index (χ1n) is 6.14. The summed E-state index contributed by atoms with van der Waals surface area (Å²) in [5, 5.41) is 0.0510. The highest BCUT2D eigenvalue weighted by Crippen LogP contribution is 2.22. The predicted octanol–water partition coefficient (Wildman–Crippen LogP) is 3.22. The number of nitrogens with zero attached hydrogens (tertiary/aromatic N) is 4. The van der Waals surface area contributed by atoms with Crippen molar-refractivity contribution in [2.75, 3.05) is 18.6 Å². The van der Waals surface area contributed by atoms with Crippen molar-refractivity contribution in [3.63, 3.8) is 0 Å². The molecule has 0 saturated carbocycles. The Morgan fingerprint density at radius 3 is 2.55 bits per heavy atom. The molecule has 0 spiro atoms. The van der Waals surface area contributed by atoms with Gasteiger partial charge in [-0.3, -0.25) is 0 Å². The Bertz CT molecular complexity index is 579. The minimum atomic E-state index is -0.303. The lowest BCUT2D eigenvalue weighted by Crippen LogP contribution is -2.14. The van der Waals surface area contributed by atoms with Gasteiger partial charge in [0.1, 0.15) is 5.82 Å². The second-order valence-electron chi connectivity index (χ2n) is 4.07. The number of ether oxygens (including phenoxy) is 1. The normalized spacial score (nSPS) is 10.4. The van der Waals surface area contributed by atoms with Crippen LogP contribution in [0.3, 0.4) is 0 Å². The molecule has 0 aliphatic rings. The minimum Gasteiger partial charge on any atom is -0.463 e. The Morgan fingerprint density at radius 1 is 1.20 bits per heavy atom. The molecule has 1 aromatic carbocycles. The highest BCUT2D eigenvalue weighted by molar-refractivity contribution is 6.28. The van der Waals surface area contributed by atoms with Gasteiger partial charge >= 0.3 is 6.01 Å². The van der Waals surface area contributed by atoms with Crippen molar-refractivity contribution in [3.05, 3.63) is 35.4 Å². The van der Waals surface area contributed by atoms with Gasteiger partial charge in [0.25, 0.3) is 0 Å². The van der Waals surface area contributed by atoms with Crippen LogP contribution in [-0.2, 0) is 0 Å². The Balaban J connectivity index is 2.26. The van der Waals surface area contributed by atoms with E-state index >= 15 is 0 Å². The van der Waals surface area contributed by atoms with Crippen molar-refractivity contribution in [2.24, 2.45) is 0 Å². The van der Waals surface area contributed by atoms with Crippen molar-refractivity contribution in [1.82, 2.24) is 15.0 Å². The lowest BCUT2D eigenvalue weighted by Gasteiger charge is -2.17. The van der Waals surface area contributed by atoms with Crippen LogP contribution in [0.15, 0.2) is 24.3 Å². The van der Waals surface area contributed by atoms with Crippen molar-refractivity contribution < 1.29 is 9.13 Å². The molecule has 5 nitrogen and oxygen atoms in total. The molecular weight excluding hydrogens is 283 g/mol. The van der Waals surface area contributed by atoms with Crippen LogP contribution < -0.4 is 9.64 Å². The molecule has 0 aliphatic heterocycles. The predicted molar refractivity (Wildman–Crippen MR) is 75.1 cm³/mol. The molecule has 0 fully saturated rings. The van der Waals surface area contributed by atoms with Crippen LogP contribution in [0, 0.1) is 5.82 Å². The molecule has 106 valence electrons. The van der Waals surface area contributed by atoms with E-state index in [0.717, 1.165) is 12.1 Å². The second-order valence-corrected chi connectivity index (χ2v) is 4.41. The Kier molecular flexibility index (Phi) is 4.68. The van der Waals surface area contributed by atoms with E-state index in [0.29, 0.717) is 12.6 Å². The second kappa shape index (κ2) is 6.47. The quantitative estimate of drug-likeness (QED) is 0.848. The summed E-state index contributed by atoms with van der Waals surface area (Å²) < 4.78 is 18.3. The van der Waals surface area contributed by atoms with Crippen molar-refractivity contribution in [3.8, 4) is 6.01 Å². The van der Waals surface area contributed by atoms with Gasteiger partial charge in [0, 0.05) is 12.7 Å². The molecule has 20 heavy (non-hydrogen) atoms. The molecule has 1 aromatic heterocycles.